The summed E-state index contributed by atoms with van der Waals surface area (Å²) in [5.74, 6) is -0.877. The minimum Gasteiger partial charge on any atom is -0.384 e. The topological polar surface area (TPSA) is 50.4 Å². The van der Waals surface area contributed by atoms with Crippen LogP contribution in [0.15, 0.2) is 36.4 Å². The summed E-state index contributed by atoms with van der Waals surface area (Å²) in [6.45, 7) is 6.96. The second kappa shape index (κ2) is 10.2. The van der Waals surface area contributed by atoms with E-state index in [0.717, 1.165) is 42.6 Å². The number of methoxy groups -OCH3 is 1. The van der Waals surface area contributed by atoms with E-state index in [1.54, 1.807) is 19.2 Å². The quantitative estimate of drug-likeness (QED) is 0.733. The number of hydrogen-bond donors (Lipinski definition) is 2. The molecular formula is C23H30ClFN2O2. The average Bonchev–Trinajstić information content (AvgIpc) is 2.69. The summed E-state index contributed by atoms with van der Waals surface area (Å²) in [5.41, 5.74) is 4.06. The lowest BCUT2D eigenvalue weighted by molar-refractivity contribution is 0.0511. The van der Waals surface area contributed by atoms with E-state index in [2.05, 4.69) is 10.6 Å². The molecule has 2 aromatic carbocycles. The van der Waals surface area contributed by atoms with E-state index in [-0.39, 0.29) is 29.3 Å². The molecule has 0 unspecified atom stereocenters. The maximum absolute atomic E-state index is 14.7. The van der Waals surface area contributed by atoms with Crippen molar-refractivity contribution in [1.82, 2.24) is 10.6 Å². The Hall–Kier alpha value is -1.95. The van der Waals surface area contributed by atoms with Crippen LogP contribution in [0.4, 0.5) is 4.39 Å². The molecule has 2 N–H and O–H groups in total. The van der Waals surface area contributed by atoms with Crippen LogP contribution in [0, 0.1) is 25.1 Å². The second-order valence-corrected chi connectivity index (χ2v) is 7.86. The average molecular weight is 421 g/mol. The van der Waals surface area contributed by atoms with E-state index >= 15 is 0 Å². The fraction of sp³-hybridized carbons (Fsp3) is 0.435. The number of benzene rings is 2. The minimum atomic E-state index is -0.501. The van der Waals surface area contributed by atoms with Gasteiger partial charge in [0.25, 0.3) is 5.91 Å². The van der Waals surface area contributed by atoms with E-state index in [9.17, 15) is 9.18 Å². The summed E-state index contributed by atoms with van der Waals surface area (Å²) >= 11 is 0. The monoisotopic (exact) mass is 420 g/mol. The van der Waals surface area contributed by atoms with Crippen LogP contribution >= 0.6 is 12.4 Å². The fourth-order valence-electron chi connectivity index (χ4n) is 3.80. The first kappa shape index (κ1) is 23.3. The molecule has 29 heavy (non-hydrogen) atoms. The highest BCUT2D eigenvalue weighted by Crippen LogP contribution is 2.29. The van der Waals surface area contributed by atoms with Gasteiger partial charge in [-0.3, -0.25) is 4.79 Å². The molecular weight excluding hydrogens is 391 g/mol. The lowest BCUT2D eigenvalue weighted by atomic mass is 9.79. The van der Waals surface area contributed by atoms with Gasteiger partial charge in [-0.15, -0.1) is 12.4 Å². The van der Waals surface area contributed by atoms with Crippen LogP contribution in [0.3, 0.4) is 0 Å². The van der Waals surface area contributed by atoms with Crippen molar-refractivity contribution >= 4 is 18.3 Å². The van der Waals surface area contributed by atoms with Gasteiger partial charge in [-0.05, 0) is 74.2 Å². The van der Waals surface area contributed by atoms with Gasteiger partial charge >= 0.3 is 0 Å². The van der Waals surface area contributed by atoms with Crippen molar-refractivity contribution in [3.8, 4) is 11.1 Å². The van der Waals surface area contributed by atoms with Crippen molar-refractivity contribution in [1.29, 1.82) is 0 Å². The normalized spacial score (nSPS) is 15.4. The largest absolute Gasteiger partial charge is 0.384 e. The first-order chi connectivity index (χ1) is 13.4. The number of hydrogen-bond acceptors (Lipinski definition) is 3. The molecule has 4 nitrogen and oxygen atoms in total. The molecule has 158 valence electrons. The SMILES string of the molecule is COCC1(CNC(=O)c2ccc(-c3ccc(C)c(C)c3)cc2F)CCNCC1.Cl. The van der Waals surface area contributed by atoms with Gasteiger partial charge in [0.1, 0.15) is 5.82 Å². The molecule has 1 heterocycles. The number of rotatable bonds is 6. The van der Waals surface area contributed by atoms with Crippen molar-refractivity contribution in [3.63, 3.8) is 0 Å². The lowest BCUT2D eigenvalue weighted by Gasteiger charge is -2.37. The molecule has 1 fully saturated rings. The first-order valence-electron chi connectivity index (χ1n) is 9.79. The van der Waals surface area contributed by atoms with E-state index < -0.39 is 5.82 Å². The highest BCUT2D eigenvalue weighted by atomic mass is 35.5. The third-order valence-electron chi connectivity index (χ3n) is 5.79. The Balaban J connectivity index is 0.00000300. The third-order valence-corrected chi connectivity index (χ3v) is 5.79. The fourth-order valence-corrected chi connectivity index (χ4v) is 3.80. The maximum atomic E-state index is 14.7. The zero-order valence-electron chi connectivity index (χ0n) is 17.3. The summed E-state index contributed by atoms with van der Waals surface area (Å²) in [7, 11) is 1.68. The number of piperidine rings is 1. The molecule has 0 atom stereocenters. The Morgan fingerprint density at radius 2 is 1.76 bits per heavy atom. The number of amides is 1. The van der Waals surface area contributed by atoms with Crippen molar-refractivity contribution in [2.75, 3.05) is 33.4 Å². The standard InChI is InChI=1S/C23H29FN2O2.ClH/c1-16-4-5-18(12-17(16)2)19-6-7-20(21(24)13-19)22(27)26-14-23(15-28-3)8-10-25-11-9-23;/h4-7,12-13,25H,8-11,14-15H2,1-3H3,(H,26,27);1H. The van der Waals surface area contributed by atoms with Crippen LogP contribution in [0.5, 0.6) is 0 Å². The summed E-state index contributed by atoms with van der Waals surface area (Å²) in [5, 5.41) is 6.25. The summed E-state index contributed by atoms with van der Waals surface area (Å²) in [6.07, 6.45) is 1.85. The second-order valence-electron chi connectivity index (χ2n) is 7.86. The molecule has 2 aromatic rings. The predicted octanol–water partition coefficient (Wildman–Crippen LogP) is 4.28. The number of nitrogens with one attached hydrogen (secondary N) is 2. The smallest absolute Gasteiger partial charge is 0.254 e. The van der Waals surface area contributed by atoms with Crippen LogP contribution in [0.25, 0.3) is 11.1 Å². The number of halogens is 2. The zero-order valence-corrected chi connectivity index (χ0v) is 18.1. The first-order valence-corrected chi connectivity index (χ1v) is 9.79. The Morgan fingerprint density at radius 1 is 1.10 bits per heavy atom. The molecule has 6 heteroatoms. The highest BCUT2D eigenvalue weighted by molar-refractivity contribution is 5.95. The molecule has 0 aliphatic carbocycles. The van der Waals surface area contributed by atoms with Gasteiger partial charge in [-0.1, -0.05) is 24.3 Å². The van der Waals surface area contributed by atoms with E-state index in [1.165, 1.54) is 11.6 Å². The number of carbonyl (C=O) groups excluding carboxylic acids is 1. The van der Waals surface area contributed by atoms with E-state index in [0.29, 0.717) is 13.2 Å². The molecule has 1 saturated heterocycles. The van der Waals surface area contributed by atoms with Gasteiger partial charge in [0.15, 0.2) is 0 Å². The molecule has 3 rings (SSSR count). The Morgan fingerprint density at radius 3 is 2.38 bits per heavy atom. The molecule has 1 amide bonds. The molecule has 1 aliphatic rings. The predicted molar refractivity (Wildman–Crippen MR) is 117 cm³/mol. The number of ether oxygens (including phenoxy) is 1. The molecule has 0 aromatic heterocycles. The Labute approximate surface area is 178 Å². The Kier molecular flexibility index (Phi) is 8.20. The maximum Gasteiger partial charge on any atom is 0.254 e. The molecule has 1 aliphatic heterocycles. The highest BCUT2D eigenvalue weighted by Gasteiger charge is 2.32. The molecule has 0 radical (unpaired) electrons. The van der Waals surface area contributed by atoms with E-state index in [4.69, 9.17) is 4.74 Å². The van der Waals surface area contributed by atoms with Crippen molar-refractivity contribution < 1.29 is 13.9 Å². The lowest BCUT2D eigenvalue weighted by Crippen LogP contribution is -2.47. The van der Waals surface area contributed by atoms with Gasteiger partial charge in [0, 0.05) is 19.1 Å². The van der Waals surface area contributed by atoms with Gasteiger partial charge in [-0.25, -0.2) is 4.39 Å². The summed E-state index contributed by atoms with van der Waals surface area (Å²) in [4.78, 5) is 12.6. The van der Waals surface area contributed by atoms with Crippen molar-refractivity contribution in [2.24, 2.45) is 5.41 Å². The summed E-state index contributed by atoms with van der Waals surface area (Å²) < 4.78 is 20.1. The van der Waals surface area contributed by atoms with Gasteiger partial charge in [0.2, 0.25) is 0 Å². The van der Waals surface area contributed by atoms with Crippen molar-refractivity contribution in [3.05, 3.63) is 58.9 Å². The number of carbonyl (C=O) groups is 1. The minimum absolute atomic E-state index is 0. The zero-order chi connectivity index (χ0) is 20.1. The summed E-state index contributed by atoms with van der Waals surface area (Å²) in [6, 6.07) is 10.8. The molecule has 0 saturated carbocycles. The van der Waals surface area contributed by atoms with Crippen molar-refractivity contribution in [2.45, 2.75) is 26.7 Å². The van der Waals surface area contributed by atoms with Crippen LogP contribution < -0.4 is 10.6 Å². The molecule has 0 spiro atoms. The van der Waals surface area contributed by atoms with Crippen LogP contribution in [0.2, 0.25) is 0 Å². The van der Waals surface area contributed by atoms with Gasteiger partial charge in [-0.2, -0.15) is 0 Å². The number of aryl methyl sites for hydroxylation is 2. The van der Waals surface area contributed by atoms with Crippen LogP contribution in [-0.2, 0) is 4.74 Å². The van der Waals surface area contributed by atoms with E-state index in [1.807, 2.05) is 32.0 Å². The van der Waals surface area contributed by atoms with Crippen LogP contribution in [0.1, 0.15) is 34.3 Å². The van der Waals surface area contributed by atoms with Gasteiger partial charge < -0.3 is 15.4 Å². The third kappa shape index (κ3) is 5.56. The van der Waals surface area contributed by atoms with Crippen LogP contribution in [-0.4, -0.2) is 39.3 Å². The Bertz CT molecular complexity index is 845. The molecule has 0 bridgehead atoms. The van der Waals surface area contributed by atoms with Gasteiger partial charge in [0.05, 0.1) is 12.2 Å².